The number of nitrogens with one attached hydrogen (secondary N) is 3. The van der Waals surface area contributed by atoms with Crippen LogP contribution in [0.25, 0.3) is 0 Å². The predicted octanol–water partition coefficient (Wildman–Crippen LogP) is 1.57. The van der Waals surface area contributed by atoms with Crippen molar-refractivity contribution in [3.63, 3.8) is 0 Å². The van der Waals surface area contributed by atoms with Gasteiger partial charge in [0.25, 0.3) is 11.8 Å². The lowest BCUT2D eigenvalue weighted by Crippen LogP contribution is -2.54. The van der Waals surface area contributed by atoms with Gasteiger partial charge in [-0.3, -0.25) is 34.2 Å². The molecule has 0 bridgehead atoms. The van der Waals surface area contributed by atoms with E-state index in [-0.39, 0.29) is 29.9 Å². The SMILES string of the molecule is O=C(CCBr)NCCCCCNc1cccc2c1C(=O)N(C1CCC(=O)NC1=O)C2=O. The first kappa shape index (κ1) is 22.9. The van der Waals surface area contributed by atoms with Gasteiger partial charge < -0.3 is 10.6 Å². The summed E-state index contributed by atoms with van der Waals surface area (Å²) in [6.45, 7) is 1.23. The molecule has 2 heterocycles. The van der Waals surface area contributed by atoms with Gasteiger partial charge in [-0.05, 0) is 37.8 Å². The Morgan fingerprint density at radius 3 is 2.61 bits per heavy atom. The fourth-order valence-electron chi connectivity index (χ4n) is 3.71. The third-order valence-electron chi connectivity index (χ3n) is 5.28. The number of hydrogen-bond acceptors (Lipinski definition) is 6. The number of nitrogens with zero attached hydrogens (tertiary/aromatic N) is 1. The molecule has 1 atom stereocenters. The van der Waals surface area contributed by atoms with Crippen LogP contribution in [0, 0.1) is 0 Å². The highest BCUT2D eigenvalue weighted by molar-refractivity contribution is 9.09. The van der Waals surface area contributed by atoms with E-state index < -0.39 is 29.7 Å². The number of unbranched alkanes of at least 4 members (excludes halogenated alkanes) is 2. The van der Waals surface area contributed by atoms with Gasteiger partial charge in [0, 0.05) is 36.9 Å². The molecule has 0 spiro atoms. The number of benzene rings is 1. The summed E-state index contributed by atoms with van der Waals surface area (Å²) in [7, 11) is 0. The zero-order valence-electron chi connectivity index (χ0n) is 17.0. The number of amides is 5. The largest absolute Gasteiger partial charge is 0.384 e. The minimum absolute atomic E-state index is 0.0265. The quantitative estimate of drug-likeness (QED) is 0.258. The van der Waals surface area contributed by atoms with Gasteiger partial charge in [0.1, 0.15) is 6.04 Å². The molecule has 1 aromatic rings. The molecule has 2 aliphatic heterocycles. The zero-order chi connectivity index (χ0) is 22.4. The van der Waals surface area contributed by atoms with Crippen LogP contribution in [0.2, 0.25) is 0 Å². The van der Waals surface area contributed by atoms with Crippen molar-refractivity contribution in [2.45, 2.75) is 44.6 Å². The van der Waals surface area contributed by atoms with E-state index in [1.54, 1.807) is 18.2 Å². The van der Waals surface area contributed by atoms with Crippen LogP contribution in [0.3, 0.4) is 0 Å². The number of imide groups is 2. The van der Waals surface area contributed by atoms with Crippen LogP contribution in [-0.2, 0) is 14.4 Å². The molecule has 0 aromatic heterocycles. The van der Waals surface area contributed by atoms with Crippen LogP contribution in [0.5, 0.6) is 0 Å². The Morgan fingerprint density at radius 2 is 1.87 bits per heavy atom. The standard InChI is InChI=1S/C21H25BrN4O5/c22-10-9-16(27)24-12-3-1-2-11-23-14-6-4-5-13-18(14)21(31)26(20(13)30)15-7-8-17(28)25-19(15)29/h4-6,15,23H,1-3,7-12H2,(H,24,27)(H,25,28,29). The topological polar surface area (TPSA) is 125 Å². The van der Waals surface area contributed by atoms with Crippen molar-refractivity contribution in [3.8, 4) is 0 Å². The normalized spacial score (nSPS) is 18.1. The highest BCUT2D eigenvalue weighted by atomic mass is 79.9. The first-order valence-corrected chi connectivity index (χ1v) is 11.5. The van der Waals surface area contributed by atoms with Gasteiger partial charge in [-0.25, -0.2) is 0 Å². The summed E-state index contributed by atoms with van der Waals surface area (Å²) in [4.78, 5) is 61.7. The molecule has 1 fully saturated rings. The maximum atomic E-state index is 13.0. The molecule has 166 valence electrons. The Kier molecular flexibility index (Phi) is 7.78. The summed E-state index contributed by atoms with van der Waals surface area (Å²) in [5.41, 5.74) is 1.07. The van der Waals surface area contributed by atoms with Crippen LogP contribution in [-0.4, -0.2) is 58.9 Å². The second-order valence-electron chi connectivity index (χ2n) is 7.45. The highest BCUT2D eigenvalue weighted by Crippen LogP contribution is 2.32. The van der Waals surface area contributed by atoms with Crippen molar-refractivity contribution in [1.29, 1.82) is 0 Å². The highest BCUT2D eigenvalue weighted by Gasteiger charge is 2.45. The number of carbonyl (C=O) groups excluding carboxylic acids is 5. The van der Waals surface area contributed by atoms with Crippen LogP contribution >= 0.6 is 15.9 Å². The van der Waals surface area contributed by atoms with Gasteiger partial charge >= 0.3 is 0 Å². The third-order valence-corrected chi connectivity index (χ3v) is 5.68. The molecule has 0 saturated carbocycles. The lowest BCUT2D eigenvalue weighted by atomic mass is 10.0. The summed E-state index contributed by atoms with van der Waals surface area (Å²) in [5, 5.41) is 8.90. The third kappa shape index (κ3) is 5.30. The van der Waals surface area contributed by atoms with E-state index in [9.17, 15) is 24.0 Å². The Labute approximate surface area is 188 Å². The number of halogens is 1. The number of rotatable bonds is 10. The number of alkyl halides is 1. The van der Waals surface area contributed by atoms with Gasteiger partial charge in [0.05, 0.1) is 11.1 Å². The van der Waals surface area contributed by atoms with Crippen molar-refractivity contribution in [2.75, 3.05) is 23.7 Å². The number of piperidine rings is 1. The molecule has 9 nitrogen and oxygen atoms in total. The molecule has 2 aliphatic rings. The minimum atomic E-state index is -0.974. The van der Waals surface area contributed by atoms with Gasteiger partial charge in [0.2, 0.25) is 17.7 Å². The average molecular weight is 493 g/mol. The van der Waals surface area contributed by atoms with E-state index in [1.165, 1.54) is 0 Å². The van der Waals surface area contributed by atoms with Crippen LogP contribution < -0.4 is 16.0 Å². The molecule has 3 N–H and O–H groups in total. The Morgan fingerprint density at radius 1 is 1.10 bits per heavy atom. The Bertz CT molecular complexity index is 904. The van der Waals surface area contributed by atoms with Gasteiger partial charge in [-0.2, -0.15) is 0 Å². The zero-order valence-corrected chi connectivity index (χ0v) is 18.6. The Hall–Kier alpha value is -2.75. The first-order chi connectivity index (χ1) is 14.9. The molecule has 31 heavy (non-hydrogen) atoms. The van der Waals surface area contributed by atoms with Crippen molar-refractivity contribution in [3.05, 3.63) is 29.3 Å². The Balaban J connectivity index is 1.55. The fourth-order valence-corrected chi connectivity index (χ4v) is 4.07. The number of fused-ring (bicyclic) bond motifs is 1. The maximum Gasteiger partial charge on any atom is 0.264 e. The molecular weight excluding hydrogens is 468 g/mol. The van der Waals surface area contributed by atoms with Crippen molar-refractivity contribution < 1.29 is 24.0 Å². The lowest BCUT2D eigenvalue weighted by Gasteiger charge is -2.27. The maximum absolute atomic E-state index is 13.0. The van der Waals surface area contributed by atoms with Crippen molar-refractivity contribution in [2.24, 2.45) is 0 Å². The fraction of sp³-hybridized carbons (Fsp3) is 0.476. The van der Waals surface area contributed by atoms with E-state index in [0.29, 0.717) is 30.5 Å². The molecule has 1 aromatic carbocycles. The van der Waals surface area contributed by atoms with Gasteiger partial charge in [0.15, 0.2) is 0 Å². The summed E-state index contributed by atoms with van der Waals surface area (Å²) >= 11 is 3.23. The van der Waals surface area contributed by atoms with Crippen LogP contribution in [0.15, 0.2) is 18.2 Å². The van der Waals surface area contributed by atoms with Gasteiger partial charge in [-0.15, -0.1) is 0 Å². The molecule has 10 heteroatoms. The number of anilines is 1. The molecular formula is C21H25BrN4O5. The lowest BCUT2D eigenvalue weighted by molar-refractivity contribution is -0.136. The van der Waals surface area contributed by atoms with Crippen LogP contribution in [0.4, 0.5) is 5.69 Å². The van der Waals surface area contributed by atoms with Gasteiger partial charge in [-0.1, -0.05) is 22.0 Å². The molecule has 1 unspecified atom stereocenters. The molecule has 0 radical (unpaired) electrons. The molecule has 3 rings (SSSR count). The van der Waals surface area contributed by atoms with E-state index in [4.69, 9.17) is 0 Å². The number of hydrogen-bond donors (Lipinski definition) is 3. The molecule has 5 amide bonds. The van der Waals surface area contributed by atoms with Crippen molar-refractivity contribution in [1.82, 2.24) is 15.5 Å². The summed E-state index contributed by atoms with van der Waals surface area (Å²) < 4.78 is 0. The minimum Gasteiger partial charge on any atom is -0.384 e. The molecule has 0 aliphatic carbocycles. The first-order valence-electron chi connectivity index (χ1n) is 10.3. The molecule has 1 saturated heterocycles. The van der Waals surface area contributed by atoms with E-state index in [0.717, 1.165) is 24.2 Å². The monoisotopic (exact) mass is 492 g/mol. The summed E-state index contributed by atoms with van der Waals surface area (Å²) in [5.74, 6) is -2.03. The van der Waals surface area contributed by atoms with E-state index >= 15 is 0 Å². The second kappa shape index (κ2) is 10.5. The van der Waals surface area contributed by atoms with Crippen molar-refractivity contribution >= 4 is 51.2 Å². The summed E-state index contributed by atoms with van der Waals surface area (Å²) in [6, 6.07) is 4.03. The summed E-state index contributed by atoms with van der Waals surface area (Å²) in [6.07, 6.45) is 3.26. The smallest absolute Gasteiger partial charge is 0.264 e. The number of carbonyl (C=O) groups is 5. The van der Waals surface area contributed by atoms with E-state index in [2.05, 4.69) is 31.9 Å². The predicted molar refractivity (Wildman–Crippen MR) is 117 cm³/mol. The second-order valence-corrected chi connectivity index (χ2v) is 8.24. The van der Waals surface area contributed by atoms with E-state index in [1.807, 2.05) is 0 Å². The average Bonchev–Trinajstić information content (AvgIpc) is 2.99. The van der Waals surface area contributed by atoms with Crippen LogP contribution in [0.1, 0.15) is 59.2 Å².